The van der Waals surface area contributed by atoms with Crippen LogP contribution in [0.4, 0.5) is 0 Å². The van der Waals surface area contributed by atoms with Crippen LogP contribution in [0, 0.1) is 0 Å². The molecule has 0 saturated heterocycles. The summed E-state index contributed by atoms with van der Waals surface area (Å²) in [5.74, 6) is -4.40. The van der Waals surface area contributed by atoms with Crippen molar-refractivity contribution >= 4 is 65.0 Å². The van der Waals surface area contributed by atoms with Gasteiger partial charge in [0.05, 0.1) is 5.56 Å². The summed E-state index contributed by atoms with van der Waals surface area (Å²) in [5.41, 5.74) is 5.34. The Balaban J connectivity index is 1.29. The first-order valence-electron chi connectivity index (χ1n) is 16.2. The molecule has 10 aromatic rings. The Morgan fingerprint density at radius 3 is 1.42 bits per heavy atom. The van der Waals surface area contributed by atoms with Crippen molar-refractivity contribution in [3.8, 4) is 62.1 Å². The maximum absolute atomic E-state index is 10.9. The summed E-state index contributed by atoms with van der Waals surface area (Å²) in [7, 11) is 0. The Labute approximate surface area is 283 Å². The van der Waals surface area contributed by atoms with Crippen molar-refractivity contribution in [2.75, 3.05) is 0 Å². The van der Waals surface area contributed by atoms with E-state index in [0.29, 0.717) is 22.1 Å². The van der Waals surface area contributed by atoms with Crippen molar-refractivity contribution in [1.29, 1.82) is 0 Å². The first-order chi connectivity index (χ1) is 24.4. The zero-order valence-corrected chi connectivity index (χ0v) is 26.3. The lowest BCUT2D eigenvalue weighted by Crippen LogP contribution is -1.90. The Morgan fingerprint density at radius 2 is 0.760 bits per heavy atom. The fourth-order valence-electron chi connectivity index (χ4n) is 7.97. The van der Waals surface area contributed by atoms with Crippen molar-refractivity contribution in [3.63, 3.8) is 0 Å². The van der Waals surface area contributed by atoms with E-state index in [0.717, 1.165) is 38.1 Å². The molecule has 5 N–H and O–H groups in total. The zero-order chi connectivity index (χ0) is 33.8. The molecule has 0 unspecified atom stereocenters. The van der Waals surface area contributed by atoms with Crippen LogP contribution in [-0.2, 0) is 0 Å². The van der Waals surface area contributed by atoms with Crippen LogP contribution in [0.15, 0.2) is 132 Å². The van der Waals surface area contributed by atoms with E-state index in [1.807, 2.05) is 18.2 Å². The highest BCUT2D eigenvalue weighted by atomic mass is 16.4. The quantitative estimate of drug-likeness (QED) is 0.0738. The number of phenolic OH excluding ortho intramolecular Hbond substituents is 5. The molecule has 0 aliphatic rings. The number of benzene rings is 9. The molecule has 0 fully saturated rings. The Kier molecular flexibility index (Phi) is 5.65. The molecule has 1 heterocycles. The highest BCUT2D eigenvalue weighted by Crippen LogP contribution is 2.57. The number of fused-ring (bicyclic) bond motifs is 4. The largest absolute Gasteiger partial charge is 0.504 e. The van der Waals surface area contributed by atoms with Gasteiger partial charge in [-0.25, -0.2) is 0 Å². The van der Waals surface area contributed by atoms with E-state index < -0.39 is 28.7 Å². The summed E-state index contributed by atoms with van der Waals surface area (Å²) in [5, 5.41) is 63.3. The standard InChI is InChI=1S/C44H26O6/c45-40-39(41(46)43(48)44(49)42(40)47)32-11-5-13-34-38(32)37-29(10-4-12-33(37)50-34)28-19-15-24-16-20-30-27(18-14-23-17-21-31(28)36(24)35(23)30)26-9-3-7-22-6-1-2-8-25(22)26/h1-21,45-49H. The Bertz CT molecular complexity index is 3010. The number of hydrogen-bond donors (Lipinski definition) is 5. The molecule has 0 bridgehead atoms. The average molecular weight is 651 g/mol. The first kappa shape index (κ1) is 28.1. The SMILES string of the molecule is Oc1c(O)c(O)c(-c2cccc3oc4cccc(-c5ccc6ccc7c(-c8cccc9ccccc89)ccc8ccc5c6c87)c4c23)c(O)c1O. The second-order valence-electron chi connectivity index (χ2n) is 12.8. The molecule has 0 radical (unpaired) electrons. The van der Waals surface area contributed by atoms with Gasteiger partial charge in [0.15, 0.2) is 11.5 Å². The van der Waals surface area contributed by atoms with Gasteiger partial charge in [-0.15, -0.1) is 0 Å². The lowest BCUT2D eigenvalue weighted by Gasteiger charge is -2.18. The van der Waals surface area contributed by atoms with Gasteiger partial charge >= 0.3 is 0 Å². The summed E-state index contributed by atoms with van der Waals surface area (Å²) in [6, 6.07) is 43.2. The van der Waals surface area contributed by atoms with E-state index >= 15 is 0 Å². The average Bonchev–Trinajstić information content (AvgIpc) is 3.55. The monoisotopic (exact) mass is 650 g/mol. The number of rotatable bonds is 3. The fourth-order valence-corrected chi connectivity index (χ4v) is 7.97. The molecule has 0 spiro atoms. The van der Waals surface area contributed by atoms with Gasteiger partial charge in [0, 0.05) is 16.3 Å². The molecule has 0 aliphatic carbocycles. The van der Waals surface area contributed by atoms with Gasteiger partial charge in [0.1, 0.15) is 11.2 Å². The first-order valence-corrected chi connectivity index (χ1v) is 16.2. The third kappa shape index (κ3) is 3.67. The summed E-state index contributed by atoms with van der Waals surface area (Å²) in [6.45, 7) is 0. The third-order valence-corrected chi connectivity index (χ3v) is 10.2. The lowest BCUT2D eigenvalue weighted by atomic mass is 9.85. The molecular formula is C44H26O6. The van der Waals surface area contributed by atoms with Gasteiger partial charge in [-0.3, -0.25) is 0 Å². The highest BCUT2D eigenvalue weighted by Gasteiger charge is 2.27. The Hall–Kier alpha value is -6.92. The highest BCUT2D eigenvalue weighted by molar-refractivity contribution is 6.29. The van der Waals surface area contributed by atoms with E-state index in [2.05, 4.69) is 91.0 Å². The molecule has 0 aliphatic heterocycles. The predicted molar refractivity (Wildman–Crippen MR) is 200 cm³/mol. The van der Waals surface area contributed by atoms with Crippen molar-refractivity contribution in [2.24, 2.45) is 0 Å². The van der Waals surface area contributed by atoms with E-state index in [9.17, 15) is 25.5 Å². The predicted octanol–water partition coefficient (Wildman–Crippen LogP) is 11.2. The van der Waals surface area contributed by atoms with Gasteiger partial charge in [0.2, 0.25) is 17.2 Å². The topological polar surface area (TPSA) is 114 Å². The number of phenols is 5. The van der Waals surface area contributed by atoms with Crippen molar-refractivity contribution in [3.05, 3.63) is 127 Å². The van der Waals surface area contributed by atoms with Crippen LogP contribution in [0.1, 0.15) is 0 Å². The van der Waals surface area contributed by atoms with E-state index in [4.69, 9.17) is 4.42 Å². The number of furan rings is 1. The molecule has 0 amide bonds. The molecule has 9 aromatic carbocycles. The minimum atomic E-state index is -1.01. The van der Waals surface area contributed by atoms with E-state index in [1.54, 1.807) is 18.2 Å². The van der Waals surface area contributed by atoms with Gasteiger partial charge in [-0.1, -0.05) is 115 Å². The molecule has 0 saturated carbocycles. The molecular weight excluding hydrogens is 624 g/mol. The van der Waals surface area contributed by atoms with Crippen LogP contribution in [-0.4, -0.2) is 25.5 Å². The molecule has 10 rings (SSSR count). The molecule has 6 nitrogen and oxygen atoms in total. The van der Waals surface area contributed by atoms with Crippen molar-refractivity contribution < 1.29 is 29.9 Å². The fraction of sp³-hybridized carbons (Fsp3) is 0. The van der Waals surface area contributed by atoms with Crippen LogP contribution < -0.4 is 0 Å². The minimum Gasteiger partial charge on any atom is -0.504 e. The van der Waals surface area contributed by atoms with Crippen LogP contribution in [0.2, 0.25) is 0 Å². The summed E-state index contributed by atoms with van der Waals surface area (Å²) in [6.07, 6.45) is 0. The van der Waals surface area contributed by atoms with Gasteiger partial charge < -0.3 is 29.9 Å². The van der Waals surface area contributed by atoms with Crippen LogP contribution in [0.3, 0.4) is 0 Å². The normalized spacial score (nSPS) is 12.0. The molecule has 238 valence electrons. The van der Waals surface area contributed by atoms with Crippen LogP contribution in [0.25, 0.3) is 98.4 Å². The van der Waals surface area contributed by atoms with E-state index in [1.165, 1.54) is 32.7 Å². The smallest absolute Gasteiger partial charge is 0.208 e. The zero-order valence-electron chi connectivity index (χ0n) is 26.3. The van der Waals surface area contributed by atoms with Crippen molar-refractivity contribution in [1.82, 2.24) is 0 Å². The third-order valence-electron chi connectivity index (χ3n) is 10.2. The maximum atomic E-state index is 10.9. The summed E-state index contributed by atoms with van der Waals surface area (Å²) >= 11 is 0. The Morgan fingerprint density at radius 1 is 0.300 bits per heavy atom. The molecule has 6 heteroatoms. The van der Waals surface area contributed by atoms with Crippen molar-refractivity contribution in [2.45, 2.75) is 0 Å². The van der Waals surface area contributed by atoms with Gasteiger partial charge in [-0.05, 0) is 77.5 Å². The molecule has 0 atom stereocenters. The van der Waals surface area contributed by atoms with Crippen LogP contribution >= 0.6 is 0 Å². The van der Waals surface area contributed by atoms with Crippen LogP contribution in [0.5, 0.6) is 28.7 Å². The second-order valence-corrected chi connectivity index (χ2v) is 12.8. The number of aromatic hydroxyl groups is 5. The van der Waals surface area contributed by atoms with E-state index in [-0.39, 0.29) is 5.56 Å². The minimum absolute atomic E-state index is 0.225. The maximum Gasteiger partial charge on any atom is 0.208 e. The van der Waals surface area contributed by atoms with Gasteiger partial charge in [0.25, 0.3) is 0 Å². The molecule has 1 aromatic heterocycles. The van der Waals surface area contributed by atoms with Gasteiger partial charge in [-0.2, -0.15) is 0 Å². The second kappa shape index (κ2) is 10.0. The summed E-state index contributed by atoms with van der Waals surface area (Å²) < 4.78 is 6.33. The summed E-state index contributed by atoms with van der Waals surface area (Å²) in [4.78, 5) is 0. The molecule has 50 heavy (non-hydrogen) atoms. The number of hydrogen-bond acceptors (Lipinski definition) is 6. The lowest BCUT2D eigenvalue weighted by molar-refractivity contribution is 0.330.